The second-order valence-corrected chi connectivity index (χ2v) is 7.64. The van der Waals surface area contributed by atoms with Crippen LogP contribution in [0.4, 0.5) is 5.88 Å². The summed E-state index contributed by atoms with van der Waals surface area (Å²) in [6.07, 6.45) is 3.45. The molecule has 0 radical (unpaired) electrons. The molecule has 0 atom stereocenters. The van der Waals surface area contributed by atoms with Gasteiger partial charge in [0, 0.05) is 57.1 Å². The van der Waals surface area contributed by atoms with Gasteiger partial charge in [0.2, 0.25) is 5.91 Å². The van der Waals surface area contributed by atoms with Crippen molar-refractivity contribution in [3.8, 4) is 11.1 Å². The van der Waals surface area contributed by atoms with Crippen molar-refractivity contribution in [2.75, 3.05) is 31.1 Å². The van der Waals surface area contributed by atoms with E-state index in [4.69, 9.17) is 4.42 Å². The number of pyridine rings is 2. The number of furan rings is 1. The zero-order valence-corrected chi connectivity index (χ0v) is 16.3. The molecule has 0 unspecified atom stereocenters. The van der Waals surface area contributed by atoms with Gasteiger partial charge in [-0.05, 0) is 37.6 Å². The van der Waals surface area contributed by atoms with Crippen molar-refractivity contribution in [1.82, 2.24) is 14.9 Å². The first-order chi connectivity index (χ1) is 13.3. The molecule has 1 amide bonds. The summed E-state index contributed by atoms with van der Waals surface area (Å²) in [5, 5.41) is 10.3. The van der Waals surface area contributed by atoms with Gasteiger partial charge in [-0.2, -0.15) is 0 Å². The van der Waals surface area contributed by atoms with Gasteiger partial charge in [0.25, 0.3) is 0 Å². The Balaban J connectivity index is 1.68. The van der Waals surface area contributed by atoms with Crippen molar-refractivity contribution < 1.29 is 14.3 Å². The van der Waals surface area contributed by atoms with Crippen LogP contribution < -0.4 is 4.90 Å². The topological polar surface area (TPSA) is 82.7 Å². The number of amides is 1. The Morgan fingerprint density at radius 3 is 2.50 bits per heavy atom. The summed E-state index contributed by atoms with van der Waals surface area (Å²) in [5.74, 6) is 0.864. The highest BCUT2D eigenvalue weighted by Gasteiger charge is 2.23. The predicted molar refractivity (Wildman–Crippen MR) is 107 cm³/mol. The minimum atomic E-state index is -1.02. The maximum Gasteiger partial charge on any atom is 0.219 e. The van der Waals surface area contributed by atoms with Gasteiger partial charge in [0.15, 0.2) is 11.5 Å². The molecule has 0 aromatic carbocycles. The average molecular weight is 380 g/mol. The fourth-order valence-electron chi connectivity index (χ4n) is 3.48. The van der Waals surface area contributed by atoms with Crippen LogP contribution in [0.1, 0.15) is 26.5 Å². The van der Waals surface area contributed by atoms with Crippen LogP contribution in [0.3, 0.4) is 0 Å². The summed E-state index contributed by atoms with van der Waals surface area (Å²) in [5.41, 5.74) is 2.89. The number of hydrogen-bond donors (Lipinski definition) is 1. The van der Waals surface area contributed by atoms with Crippen molar-refractivity contribution in [3.05, 3.63) is 42.4 Å². The highest BCUT2D eigenvalue weighted by molar-refractivity contribution is 5.91. The first-order valence-corrected chi connectivity index (χ1v) is 9.41. The van der Waals surface area contributed by atoms with E-state index in [9.17, 15) is 9.90 Å². The van der Waals surface area contributed by atoms with E-state index in [0.717, 1.165) is 35.6 Å². The molecule has 0 spiro atoms. The molecule has 4 rings (SSSR count). The van der Waals surface area contributed by atoms with Gasteiger partial charge in [0.1, 0.15) is 11.1 Å². The first kappa shape index (κ1) is 18.4. The Bertz CT molecular complexity index is 1010. The van der Waals surface area contributed by atoms with Gasteiger partial charge < -0.3 is 19.3 Å². The maximum absolute atomic E-state index is 11.5. The third kappa shape index (κ3) is 3.45. The number of hydrogen-bond acceptors (Lipinski definition) is 6. The van der Waals surface area contributed by atoms with Crippen LogP contribution in [0.5, 0.6) is 0 Å². The Hall–Kier alpha value is -2.93. The van der Waals surface area contributed by atoms with Crippen molar-refractivity contribution in [3.63, 3.8) is 0 Å². The average Bonchev–Trinajstić information content (AvgIpc) is 3.12. The Morgan fingerprint density at radius 1 is 1.11 bits per heavy atom. The van der Waals surface area contributed by atoms with Gasteiger partial charge in [-0.3, -0.25) is 14.8 Å². The third-order valence-corrected chi connectivity index (χ3v) is 5.13. The lowest BCUT2D eigenvalue weighted by Gasteiger charge is -2.33. The summed E-state index contributed by atoms with van der Waals surface area (Å²) >= 11 is 0. The van der Waals surface area contributed by atoms with E-state index < -0.39 is 5.60 Å². The van der Waals surface area contributed by atoms with Gasteiger partial charge in [-0.1, -0.05) is 0 Å². The second-order valence-electron chi connectivity index (χ2n) is 7.64. The number of piperazine rings is 1. The van der Waals surface area contributed by atoms with E-state index in [1.54, 1.807) is 33.2 Å². The molecular weight excluding hydrogens is 356 g/mol. The second kappa shape index (κ2) is 6.91. The van der Waals surface area contributed by atoms with Crippen LogP contribution in [0, 0.1) is 0 Å². The molecule has 146 valence electrons. The standard InChI is InChI=1S/C21H24N4O3/c1-14(26)24-8-10-25(11-9-24)19-13-17-20(28-19)16(5-7-22-17)15-4-6-23-18(12-15)21(2,3)27/h4-7,12-13,27H,8-11H2,1-3H3. The van der Waals surface area contributed by atoms with Gasteiger partial charge >= 0.3 is 0 Å². The molecule has 7 heteroatoms. The van der Waals surface area contributed by atoms with Crippen LogP contribution in [-0.2, 0) is 10.4 Å². The van der Waals surface area contributed by atoms with Crippen LogP contribution in [0.2, 0.25) is 0 Å². The van der Waals surface area contributed by atoms with Crippen molar-refractivity contribution in [1.29, 1.82) is 0 Å². The molecule has 0 saturated carbocycles. The monoisotopic (exact) mass is 380 g/mol. The highest BCUT2D eigenvalue weighted by atomic mass is 16.4. The lowest BCUT2D eigenvalue weighted by Crippen LogP contribution is -2.48. The summed E-state index contributed by atoms with van der Waals surface area (Å²) in [4.78, 5) is 24.2. The van der Waals surface area contributed by atoms with Gasteiger partial charge in [0.05, 0.1) is 5.69 Å². The van der Waals surface area contributed by atoms with E-state index in [2.05, 4.69) is 14.9 Å². The molecule has 4 heterocycles. The number of carbonyl (C=O) groups excluding carboxylic acids is 1. The molecule has 3 aromatic heterocycles. The van der Waals surface area contributed by atoms with E-state index in [0.29, 0.717) is 24.4 Å². The fraction of sp³-hybridized carbons (Fsp3) is 0.381. The van der Waals surface area contributed by atoms with Crippen molar-refractivity contribution >= 4 is 22.9 Å². The highest BCUT2D eigenvalue weighted by Crippen LogP contribution is 2.34. The predicted octanol–water partition coefficient (Wildman–Crippen LogP) is 2.79. The lowest BCUT2D eigenvalue weighted by atomic mass is 10.00. The summed E-state index contributed by atoms with van der Waals surface area (Å²) in [6.45, 7) is 7.86. The minimum absolute atomic E-state index is 0.105. The summed E-state index contributed by atoms with van der Waals surface area (Å²) in [6, 6.07) is 7.63. The number of aromatic nitrogens is 2. The van der Waals surface area contributed by atoms with E-state index >= 15 is 0 Å². The Kier molecular flexibility index (Phi) is 4.55. The number of fused-ring (bicyclic) bond motifs is 1. The minimum Gasteiger partial charge on any atom is -0.438 e. The van der Waals surface area contributed by atoms with Gasteiger partial charge in [-0.25, -0.2) is 0 Å². The smallest absolute Gasteiger partial charge is 0.219 e. The fourth-order valence-corrected chi connectivity index (χ4v) is 3.48. The first-order valence-electron chi connectivity index (χ1n) is 9.41. The molecule has 1 fully saturated rings. The van der Waals surface area contributed by atoms with Gasteiger partial charge in [-0.15, -0.1) is 0 Å². The molecular formula is C21H24N4O3. The maximum atomic E-state index is 11.5. The van der Waals surface area contributed by atoms with Crippen molar-refractivity contribution in [2.45, 2.75) is 26.4 Å². The molecule has 7 nitrogen and oxygen atoms in total. The quantitative estimate of drug-likeness (QED) is 0.752. The molecule has 28 heavy (non-hydrogen) atoms. The summed E-state index contributed by atoms with van der Waals surface area (Å²) < 4.78 is 6.19. The molecule has 1 aliphatic heterocycles. The SMILES string of the molecule is CC(=O)N1CCN(c2cc3nccc(-c4ccnc(C(C)(C)O)c4)c3o2)CC1. The lowest BCUT2D eigenvalue weighted by molar-refractivity contribution is -0.129. The van der Waals surface area contributed by atoms with Crippen LogP contribution in [0.25, 0.3) is 22.2 Å². The van der Waals surface area contributed by atoms with Crippen LogP contribution >= 0.6 is 0 Å². The van der Waals surface area contributed by atoms with Crippen LogP contribution in [0.15, 0.2) is 41.1 Å². The van der Waals surface area contributed by atoms with E-state index in [1.807, 2.05) is 29.2 Å². The number of rotatable bonds is 3. The Morgan fingerprint density at radius 2 is 1.82 bits per heavy atom. The van der Waals surface area contributed by atoms with Crippen LogP contribution in [-0.4, -0.2) is 52.1 Å². The number of nitrogens with zero attached hydrogens (tertiary/aromatic N) is 4. The normalized spacial score (nSPS) is 15.3. The largest absolute Gasteiger partial charge is 0.438 e. The van der Waals surface area contributed by atoms with E-state index in [1.165, 1.54) is 0 Å². The Labute approximate surface area is 163 Å². The number of aliphatic hydroxyl groups is 1. The zero-order valence-electron chi connectivity index (χ0n) is 16.3. The number of carbonyl (C=O) groups is 1. The van der Waals surface area contributed by atoms with E-state index in [-0.39, 0.29) is 5.91 Å². The molecule has 0 aliphatic carbocycles. The number of anilines is 1. The summed E-state index contributed by atoms with van der Waals surface area (Å²) in [7, 11) is 0. The molecule has 0 bridgehead atoms. The molecule has 1 N–H and O–H groups in total. The molecule has 1 saturated heterocycles. The van der Waals surface area contributed by atoms with Crippen molar-refractivity contribution in [2.24, 2.45) is 0 Å². The molecule has 1 aliphatic rings. The molecule has 3 aromatic rings. The zero-order chi connectivity index (χ0) is 19.9. The third-order valence-electron chi connectivity index (χ3n) is 5.13.